The van der Waals surface area contributed by atoms with Crippen molar-refractivity contribution >= 4 is 11.8 Å². The van der Waals surface area contributed by atoms with E-state index in [1.807, 2.05) is 25.3 Å². The maximum atomic E-state index is 14.4. The first-order valence-electron chi connectivity index (χ1n) is 11.3. The van der Waals surface area contributed by atoms with Crippen LogP contribution in [0.25, 0.3) is 11.1 Å². The molecule has 0 radical (unpaired) electrons. The number of hydrogen-bond acceptors (Lipinski definition) is 4. The summed E-state index contributed by atoms with van der Waals surface area (Å²) in [5.74, 6) is 0.766. The quantitative estimate of drug-likeness (QED) is 0.764. The van der Waals surface area contributed by atoms with Crippen molar-refractivity contribution in [2.75, 3.05) is 18.0 Å². The molecule has 2 aliphatic heterocycles. The van der Waals surface area contributed by atoms with E-state index in [2.05, 4.69) is 10.4 Å². The third-order valence-electron chi connectivity index (χ3n) is 6.92. The van der Waals surface area contributed by atoms with Gasteiger partial charge in [-0.05, 0) is 64.1 Å². The number of nitrogens with zero attached hydrogens (tertiary/aromatic N) is 3. The molecule has 0 unspecified atom stereocenters. The predicted molar refractivity (Wildman–Crippen MR) is 116 cm³/mol. The van der Waals surface area contributed by atoms with Gasteiger partial charge in [-0.15, -0.1) is 0 Å². The lowest BCUT2D eigenvalue weighted by Crippen LogP contribution is -2.41. The van der Waals surface area contributed by atoms with Gasteiger partial charge in [0.2, 0.25) is 0 Å². The SMILES string of the molecule is C[C@H]1CCc2c(ccc(-c3cnn([C@H]4CCNC[C@@H]4F)c3)c2OC2CCC2)N1C(=O)O. The zero-order valence-corrected chi connectivity index (χ0v) is 17.8. The van der Waals surface area contributed by atoms with Crippen molar-refractivity contribution in [3.05, 3.63) is 30.1 Å². The number of carboxylic acid groups (broad SMARTS) is 1. The normalized spacial score (nSPS) is 26.3. The second-order valence-corrected chi connectivity index (χ2v) is 8.94. The summed E-state index contributed by atoms with van der Waals surface area (Å²) < 4.78 is 22.6. The summed E-state index contributed by atoms with van der Waals surface area (Å²) in [6, 6.07) is 3.46. The van der Waals surface area contributed by atoms with Crippen LogP contribution in [0.5, 0.6) is 5.75 Å². The summed E-state index contributed by atoms with van der Waals surface area (Å²) in [6.07, 6.45) is 7.32. The maximum Gasteiger partial charge on any atom is 0.412 e. The fourth-order valence-corrected chi connectivity index (χ4v) is 4.88. The first-order chi connectivity index (χ1) is 15.0. The highest BCUT2D eigenvalue weighted by atomic mass is 19.1. The van der Waals surface area contributed by atoms with Gasteiger partial charge >= 0.3 is 6.09 Å². The fourth-order valence-electron chi connectivity index (χ4n) is 4.88. The van der Waals surface area contributed by atoms with Crippen molar-refractivity contribution in [3.63, 3.8) is 0 Å². The van der Waals surface area contributed by atoms with Crippen molar-refractivity contribution in [1.29, 1.82) is 0 Å². The molecule has 0 spiro atoms. The number of aromatic nitrogens is 2. The average Bonchev–Trinajstić information content (AvgIpc) is 3.20. The molecule has 2 aromatic rings. The lowest BCUT2D eigenvalue weighted by molar-refractivity contribution is 0.119. The van der Waals surface area contributed by atoms with Crippen LogP contribution in [-0.4, -0.2) is 52.4 Å². The summed E-state index contributed by atoms with van der Waals surface area (Å²) in [5.41, 5.74) is 3.44. The molecule has 2 N–H and O–H groups in total. The lowest BCUT2D eigenvalue weighted by Gasteiger charge is -2.36. The van der Waals surface area contributed by atoms with Gasteiger partial charge in [-0.3, -0.25) is 9.58 Å². The average molecular weight is 429 g/mol. The van der Waals surface area contributed by atoms with Crippen LogP contribution in [0.4, 0.5) is 14.9 Å². The molecule has 5 rings (SSSR count). The highest BCUT2D eigenvalue weighted by Crippen LogP contribution is 2.44. The Labute approximate surface area is 181 Å². The molecule has 1 aromatic heterocycles. The molecule has 7 nitrogen and oxygen atoms in total. The van der Waals surface area contributed by atoms with E-state index in [-0.39, 0.29) is 18.2 Å². The highest BCUT2D eigenvalue weighted by Gasteiger charge is 2.33. The summed E-state index contributed by atoms with van der Waals surface area (Å²) in [5, 5.41) is 17.3. The number of nitrogens with one attached hydrogen (secondary N) is 1. The van der Waals surface area contributed by atoms with Crippen LogP contribution in [0.3, 0.4) is 0 Å². The van der Waals surface area contributed by atoms with E-state index >= 15 is 0 Å². The standard InChI is InChI=1S/C23H29FN4O3/c1-14-5-6-18-20(28(14)23(29)30)8-7-17(22(18)31-16-3-2-4-16)15-11-26-27(13-15)21-9-10-25-12-19(21)24/h7-8,11,13-14,16,19,21,25H,2-6,9-10,12H2,1H3,(H,29,30)/t14-,19-,21-/m0/s1. The minimum Gasteiger partial charge on any atom is -0.489 e. The monoisotopic (exact) mass is 428 g/mol. The Bertz CT molecular complexity index is 974. The van der Waals surface area contributed by atoms with Gasteiger partial charge in [0.15, 0.2) is 0 Å². The van der Waals surface area contributed by atoms with Gasteiger partial charge in [-0.2, -0.15) is 5.10 Å². The molecule has 1 amide bonds. The van der Waals surface area contributed by atoms with Crippen LogP contribution in [0.1, 0.15) is 50.6 Å². The Kier molecular flexibility index (Phi) is 5.33. The molecule has 8 heteroatoms. The van der Waals surface area contributed by atoms with E-state index in [4.69, 9.17) is 4.74 Å². The third kappa shape index (κ3) is 3.67. The largest absolute Gasteiger partial charge is 0.489 e. The minimum atomic E-state index is -0.971. The van der Waals surface area contributed by atoms with Crippen LogP contribution in [0, 0.1) is 0 Å². The summed E-state index contributed by atoms with van der Waals surface area (Å²) in [6.45, 7) is 3.06. The van der Waals surface area contributed by atoms with E-state index in [9.17, 15) is 14.3 Å². The van der Waals surface area contributed by atoms with Gasteiger partial charge in [0.05, 0.1) is 24.0 Å². The molecule has 1 aromatic carbocycles. The Morgan fingerprint density at radius 3 is 2.84 bits per heavy atom. The van der Waals surface area contributed by atoms with E-state index in [0.717, 1.165) is 61.1 Å². The van der Waals surface area contributed by atoms with Gasteiger partial charge in [-0.1, -0.05) is 0 Å². The highest BCUT2D eigenvalue weighted by molar-refractivity contribution is 5.91. The third-order valence-corrected chi connectivity index (χ3v) is 6.92. The minimum absolute atomic E-state index is 0.0726. The number of ether oxygens (including phenoxy) is 1. The van der Waals surface area contributed by atoms with E-state index < -0.39 is 12.3 Å². The van der Waals surface area contributed by atoms with Crippen molar-refractivity contribution < 1.29 is 19.0 Å². The molecular weight excluding hydrogens is 399 g/mol. The zero-order valence-electron chi connectivity index (χ0n) is 17.8. The van der Waals surface area contributed by atoms with Crippen molar-refractivity contribution in [2.24, 2.45) is 0 Å². The zero-order chi connectivity index (χ0) is 21.5. The van der Waals surface area contributed by atoms with Crippen LogP contribution < -0.4 is 15.0 Å². The molecule has 31 heavy (non-hydrogen) atoms. The molecule has 1 saturated heterocycles. The van der Waals surface area contributed by atoms with Crippen molar-refractivity contribution in [2.45, 2.75) is 69.8 Å². The Balaban J connectivity index is 1.55. The summed E-state index contributed by atoms with van der Waals surface area (Å²) in [4.78, 5) is 13.4. The molecule has 1 aliphatic carbocycles. The topological polar surface area (TPSA) is 79.6 Å². The number of benzene rings is 1. The Morgan fingerprint density at radius 2 is 2.13 bits per heavy atom. The number of rotatable bonds is 4. The first kappa shape index (κ1) is 20.3. The predicted octanol–water partition coefficient (Wildman–Crippen LogP) is 4.17. The molecule has 0 bridgehead atoms. The lowest BCUT2D eigenvalue weighted by atomic mass is 9.91. The van der Waals surface area contributed by atoms with Gasteiger partial charge in [0.25, 0.3) is 0 Å². The maximum absolute atomic E-state index is 14.4. The van der Waals surface area contributed by atoms with Gasteiger partial charge < -0.3 is 15.2 Å². The van der Waals surface area contributed by atoms with Crippen LogP contribution >= 0.6 is 0 Å². The van der Waals surface area contributed by atoms with Crippen LogP contribution in [0.15, 0.2) is 24.5 Å². The Hall–Kier alpha value is -2.61. The molecule has 3 aliphatic rings. The van der Waals surface area contributed by atoms with Gasteiger partial charge in [0, 0.05) is 35.5 Å². The molecule has 1 saturated carbocycles. The van der Waals surface area contributed by atoms with Gasteiger partial charge in [0.1, 0.15) is 11.9 Å². The number of fused-ring (bicyclic) bond motifs is 1. The van der Waals surface area contributed by atoms with E-state index in [1.165, 1.54) is 4.90 Å². The Morgan fingerprint density at radius 1 is 1.29 bits per heavy atom. The van der Waals surface area contributed by atoms with E-state index in [0.29, 0.717) is 18.7 Å². The number of amides is 1. The molecular formula is C23H29FN4O3. The van der Waals surface area contributed by atoms with Crippen molar-refractivity contribution in [1.82, 2.24) is 15.1 Å². The second kappa shape index (κ2) is 8.15. The number of anilines is 1. The number of carbonyl (C=O) groups is 1. The van der Waals surface area contributed by atoms with Crippen LogP contribution in [0.2, 0.25) is 0 Å². The van der Waals surface area contributed by atoms with Crippen molar-refractivity contribution in [3.8, 4) is 16.9 Å². The molecule has 3 heterocycles. The molecule has 166 valence electrons. The number of alkyl halides is 1. The fraction of sp³-hybridized carbons (Fsp3) is 0.565. The smallest absolute Gasteiger partial charge is 0.412 e. The first-order valence-corrected chi connectivity index (χ1v) is 11.3. The molecule has 2 fully saturated rings. The number of piperidine rings is 1. The molecule has 3 atom stereocenters. The summed E-state index contributed by atoms with van der Waals surface area (Å²) >= 11 is 0. The second-order valence-electron chi connectivity index (χ2n) is 8.94. The van der Waals surface area contributed by atoms with Gasteiger partial charge in [-0.25, -0.2) is 9.18 Å². The summed E-state index contributed by atoms with van der Waals surface area (Å²) in [7, 11) is 0. The van der Waals surface area contributed by atoms with E-state index in [1.54, 1.807) is 10.9 Å². The number of hydrogen-bond donors (Lipinski definition) is 2. The van der Waals surface area contributed by atoms with Crippen LogP contribution in [-0.2, 0) is 6.42 Å². The number of halogens is 1.